The first-order chi connectivity index (χ1) is 2.91. The molecule has 0 amide bonds. The number of hydrogen-bond acceptors (Lipinski definition) is 2. The van der Waals surface area contributed by atoms with Gasteiger partial charge in [0.15, 0.2) is 0 Å². The molecule has 0 bridgehead atoms. The molecule has 0 aliphatic heterocycles. The Kier molecular flexibility index (Phi) is 3.72. The maximum Gasteiger partial charge on any atom is 0.0239 e. The number of allylic oxidation sites excluding steroid dienone is 1. The molecule has 0 aromatic heterocycles. The van der Waals surface area contributed by atoms with E-state index in [2.05, 4.69) is 11.0 Å². The predicted molar refractivity (Wildman–Crippen MR) is 24.1 cm³/mol. The minimum Gasteiger partial charge on any atom is -0.404 e. The van der Waals surface area contributed by atoms with Crippen LogP contribution in [0, 0.1) is 0 Å². The van der Waals surface area contributed by atoms with Crippen LogP contribution in [0.5, 0.6) is 0 Å². The smallest absolute Gasteiger partial charge is 0.0239 e. The summed E-state index contributed by atoms with van der Waals surface area (Å²) in [7, 11) is 0. The van der Waals surface area contributed by atoms with Crippen molar-refractivity contribution < 1.29 is 5.21 Å². The summed E-state index contributed by atoms with van der Waals surface area (Å²) in [6.45, 7) is 1.94. The lowest BCUT2D eigenvalue weighted by Crippen LogP contribution is -1.52. The van der Waals surface area contributed by atoms with Crippen molar-refractivity contribution in [2.24, 2.45) is 5.16 Å². The summed E-state index contributed by atoms with van der Waals surface area (Å²) in [5.74, 6) is 2.25. The fourth-order valence-corrected chi connectivity index (χ4v) is 0.132. The monoisotopic (exact) mass is 85.1 g/mol. The van der Waals surface area contributed by atoms with Gasteiger partial charge in [-0.05, 0) is 17.7 Å². The zero-order valence-electron chi connectivity index (χ0n) is 3.68. The fraction of sp³-hybridized carbons (Fsp3) is 0.500. The van der Waals surface area contributed by atoms with Crippen LogP contribution in [0.4, 0.5) is 0 Å². The Morgan fingerprint density at radius 1 is 2.00 bits per heavy atom. The molecule has 0 fully saturated rings. The first-order valence-corrected chi connectivity index (χ1v) is 1.83. The molecule has 2 heteroatoms. The number of hydrogen-bond donors (Lipinski definition) is 1. The van der Waals surface area contributed by atoms with E-state index in [0.717, 1.165) is 6.42 Å². The molecule has 0 aromatic carbocycles. The number of nitrogens with zero attached hydrogens (tertiary/aromatic N) is 1. The highest BCUT2D eigenvalue weighted by molar-refractivity contribution is 5.49. The van der Waals surface area contributed by atoms with Gasteiger partial charge in [0.25, 0.3) is 0 Å². The molecule has 0 rings (SSSR count). The van der Waals surface area contributed by atoms with Gasteiger partial charge >= 0.3 is 0 Å². The highest BCUT2D eigenvalue weighted by Gasteiger charge is 1.54. The lowest BCUT2D eigenvalue weighted by Gasteiger charge is -1.61. The highest BCUT2D eigenvalue weighted by atomic mass is 16.4. The maximum atomic E-state index is 7.68. The highest BCUT2D eigenvalue weighted by Crippen LogP contribution is 1.67. The molecular formula is C4H7NO. The Balaban J connectivity index is 3.18. The summed E-state index contributed by atoms with van der Waals surface area (Å²) >= 11 is 0. The molecule has 34 valence electrons. The van der Waals surface area contributed by atoms with E-state index in [-0.39, 0.29) is 0 Å². The van der Waals surface area contributed by atoms with Crippen molar-refractivity contribution in [3.05, 3.63) is 6.08 Å². The van der Waals surface area contributed by atoms with Crippen LogP contribution in [0.15, 0.2) is 11.2 Å². The van der Waals surface area contributed by atoms with E-state index in [1.165, 1.54) is 0 Å². The minimum absolute atomic E-state index is 0.865. The second kappa shape index (κ2) is 4.25. The number of rotatable bonds is 1. The molecule has 0 heterocycles. The van der Waals surface area contributed by atoms with Crippen LogP contribution >= 0.6 is 0 Å². The van der Waals surface area contributed by atoms with Crippen molar-refractivity contribution >= 4 is 5.87 Å². The van der Waals surface area contributed by atoms with Crippen molar-refractivity contribution in [3.63, 3.8) is 0 Å². The Morgan fingerprint density at radius 3 is 2.83 bits per heavy atom. The molecule has 0 radical (unpaired) electrons. The third kappa shape index (κ3) is 3.25. The van der Waals surface area contributed by atoms with Crippen LogP contribution in [0.2, 0.25) is 0 Å². The van der Waals surface area contributed by atoms with Gasteiger partial charge in [-0.3, -0.25) is 0 Å². The predicted octanol–water partition coefficient (Wildman–Crippen LogP) is 1.01. The molecule has 0 atom stereocenters. The van der Waals surface area contributed by atoms with Gasteiger partial charge in [0, 0.05) is 5.87 Å². The zero-order chi connectivity index (χ0) is 4.83. The van der Waals surface area contributed by atoms with E-state index in [4.69, 9.17) is 5.21 Å². The molecule has 0 saturated heterocycles. The molecule has 1 N–H and O–H groups in total. The molecule has 0 aliphatic rings. The summed E-state index contributed by atoms with van der Waals surface area (Å²) in [6, 6.07) is 0. The van der Waals surface area contributed by atoms with Crippen molar-refractivity contribution in [2.75, 3.05) is 0 Å². The first kappa shape index (κ1) is 5.25. The summed E-state index contributed by atoms with van der Waals surface area (Å²) < 4.78 is 0. The average Bonchev–Trinajstić information content (AvgIpc) is 1.61. The molecule has 0 aliphatic carbocycles. The topological polar surface area (TPSA) is 32.6 Å². The van der Waals surface area contributed by atoms with Crippen LogP contribution in [0.25, 0.3) is 0 Å². The Bertz CT molecular complexity index is 71.6. The van der Waals surface area contributed by atoms with Crippen molar-refractivity contribution in [3.8, 4) is 0 Å². The van der Waals surface area contributed by atoms with Gasteiger partial charge in [-0.2, -0.15) is 0 Å². The average molecular weight is 85.1 g/mol. The van der Waals surface area contributed by atoms with Gasteiger partial charge in [-0.1, -0.05) is 6.92 Å². The molecule has 0 aromatic rings. The fourth-order valence-electron chi connectivity index (χ4n) is 0.132. The summed E-state index contributed by atoms with van der Waals surface area (Å²) in [5.41, 5.74) is 0. The lowest BCUT2D eigenvalue weighted by molar-refractivity contribution is 0.322. The van der Waals surface area contributed by atoms with Gasteiger partial charge in [0.1, 0.15) is 0 Å². The van der Waals surface area contributed by atoms with E-state index >= 15 is 0 Å². The van der Waals surface area contributed by atoms with Gasteiger partial charge < -0.3 is 5.21 Å². The minimum atomic E-state index is 0.865. The molecule has 0 saturated carbocycles. The van der Waals surface area contributed by atoms with Crippen LogP contribution in [-0.4, -0.2) is 11.1 Å². The normalized spacial score (nSPS) is 6.17. The Hall–Kier alpha value is -0.750. The van der Waals surface area contributed by atoms with Crippen molar-refractivity contribution in [2.45, 2.75) is 13.3 Å². The Morgan fingerprint density at radius 2 is 2.67 bits per heavy atom. The van der Waals surface area contributed by atoms with Crippen LogP contribution in [0.3, 0.4) is 0 Å². The maximum absolute atomic E-state index is 7.68. The molecule has 2 nitrogen and oxygen atoms in total. The van der Waals surface area contributed by atoms with Gasteiger partial charge in [-0.15, -0.1) is 0 Å². The van der Waals surface area contributed by atoms with Crippen molar-refractivity contribution in [1.82, 2.24) is 0 Å². The molecule has 0 unspecified atom stereocenters. The van der Waals surface area contributed by atoms with Gasteiger partial charge in [0.2, 0.25) is 0 Å². The summed E-state index contributed by atoms with van der Waals surface area (Å²) in [5, 5.41) is 10.3. The third-order valence-electron chi connectivity index (χ3n) is 0.353. The Labute approximate surface area is 36.8 Å². The van der Waals surface area contributed by atoms with Crippen LogP contribution in [-0.2, 0) is 0 Å². The van der Waals surface area contributed by atoms with E-state index in [0.29, 0.717) is 0 Å². The van der Waals surface area contributed by atoms with E-state index in [9.17, 15) is 0 Å². The van der Waals surface area contributed by atoms with Crippen LogP contribution < -0.4 is 0 Å². The summed E-state index contributed by atoms with van der Waals surface area (Å²) in [4.78, 5) is 0. The van der Waals surface area contributed by atoms with Gasteiger partial charge in [-0.25, -0.2) is 0 Å². The van der Waals surface area contributed by atoms with Crippen molar-refractivity contribution in [1.29, 1.82) is 0 Å². The van der Waals surface area contributed by atoms with E-state index in [1.54, 1.807) is 6.08 Å². The molecule has 6 heavy (non-hydrogen) atoms. The lowest BCUT2D eigenvalue weighted by atomic mass is 10.5. The second-order valence-corrected chi connectivity index (χ2v) is 0.841. The first-order valence-electron chi connectivity index (χ1n) is 1.83. The SMILES string of the molecule is CCC=C=NO. The molecular weight excluding hydrogens is 78.0 g/mol. The van der Waals surface area contributed by atoms with E-state index < -0.39 is 0 Å². The van der Waals surface area contributed by atoms with E-state index in [1.807, 2.05) is 6.92 Å². The van der Waals surface area contributed by atoms with Crippen LogP contribution in [0.1, 0.15) is 13.3 Å². The quantitative estimate of drug-likeness (QED) is 0.287. The zero-order valence-corrected chi connectivity index (χ0v) is 3.68. The van der Waals surface area contributed by atoms with Gasteiger partial charge in [0.05, 0.1) is 0 Å². The second-order valence-electron chi connectivity index (χ2n) is 0.841. The standard InChI is InChI=1S/C4H7NO/c1-2-3-4-5-6/h3,6H,2H2,1H3. The molecule has 0 spiro atoms. The third-order valence-corrected chi connectivity index (χ3v) is 0.353. The summed E-state index contributed by atoms with van der Waals surface area (Å²) in [6.07, 6.45) is 2.50. The largest absolute Gasteiger partial charge is 0.404 e.